The van der Waals surface area contributed by atoms with Gasteiger partial charge in [-0.3, -0.25) is 0 Å². The van der Waals surface area contributed by atoms with E-state index in [9.17, 15) is 4.79 Å². The third-order valence-corrected chi connectivity index (χ3v) is 3.83. The molecule has 0 amide bonds. The van der Waals surface area contributed by atoms with E-state index in [1.54, 1.807) is 0 Å². The predicted octanol–water partition coefficient (Wildman–Crippen LogP) is 1.52. The number of thioether (sulfide) groups is 1. The van der Waals surface area contributed by atoms with E-state index in [0.29, 0.717) is 17.0 Å². The average Bonchev–Trinajstić information content (AvgIpc) is 2.95. The Balaban J connectivity index is 1.99. The normalized spacial score (nSPS) is 16.2. The van der Waals surface area contributed by atoms with Crippen molar-refractivity contribution >= 4 is 17.7 Å². The minimum absolute atomic E-state index is 0.163. The highest BCUT2D eigenvalue weighted by atomic mass is 32.2. The van der Waals surface area contributed by atoms with Gasteiger partial charge >= 0.3 is 5.97 Å². The predicted molar refractivity (Wildman–Crippen MR) is 62.8 cm³/mol. The van der Waals surface area contributed by atoms with Crippen LogP contribution in [-0.2, 0) is 4.79 Å². The van der Waals surface area contributed by atoms with Gasteiger partial charge in [0.2, 0.25) is 5.16 Å². The van der Waals surface area contributed by atoms with Crippen LogP contribution in [-0.4, -0.2) is 37.0 Å². The van der Waals surface area contributed by atoms with Crippen molar-refractivity contribution in [2.24, 2.45) is 0 Å². The van der Waals surface area contributed by atoms with Crippen molar-refractivity contribution in [3.05, 3.63) is 12.2 Å². The number of aliphatic carboxylic acids is 1. The van der Waals surface area contributed by atoms with E-state index in [-0.39, 0.29) is 5.57 Å². The first-order valence-electron chi connectivity index (χ1n) is 5.50. The van der Waals surface area contributed by atoms with Crippen LogP contribution >= 0.6 is 11.8 Å². The lowest BCUT2D eigenvalue weighted by Crippen LogP contribution is -2.09. The fourth-order valence-electron chi connectivity index (χ4n) is 1.87. The Kier molecular flexibility index (Phi) is 3.78. The Morgan fingerprint density at radius 3 is 2.88 bits per heavy atom. The lowest BCUT2D eigenvalue weighted by Gasteiger charge is -2.10. The van der Waals surface area contributed by atoms with Gasteiger partial charge < -0.3 is 5.11 Å². The first kappa shape index (κ1) is 12.1. The monoisotopic (exact) mass is 254 g/mol. The summed E-state index contributed by atoms with van der Waals surface area (Å²) in [6.45, 7) is 3.48. The van der Waals surface area contributed by atoms with Gasteiger partial charge in [0.05, 0.1) is 6.04 Å². The lowest BCUT2D eigenvalue weighted by molar-refractivity contribution is -0.132. The van der Waals surface area contributed by atoms with Crippen LogP contribution in [0.25, 0.3) is 0 Å². The van der Waals surface area contributed by atoms with Crippen molar-refractivity contribution < 1.29 is 9.90 Å². The second-order valence-corrected chi connectivity index (χ2v) is 4.98. The van der Waals surface area contributed by atoms with E-state index >= 15 is 0 Å². The SMILES string of the molecule is C=C(CSc1nnnn1C1CCCC1)C(=O)O. The number of carboxylic acid groups (broad SMARTS) is 1. The highest BCUT2D eigenvalue weighted by Gasteiger charge is 2.21. The minimum Gasteiger partial charge on any atom is -0.478 e. The molecule has 0 unspecified atom stereocenters. The molecular formula is C10H14N4O2S. The molecule has 0 radical (unpaired) electrons. The third-order valence-electron chi connectivity index (χ3n) is 2.81. The maximum atomic E-state index is 10.6. The summed E-state index contributed by atoms with van der Waals surface area (Å²) in [5.74, 6) is -0.667. The second kappa shape index (κ2) is 5.31. The van der Waals surface area contributed by atoms with Crippen LogP contribution in [0.15, 0.2) is 17.3 Å². The van der Waals surface area contributed by atoms with E-state index in [4.69, 9.17) is 5.11 Å². The topological polar surface area (TPSA) is 80.9 Å². The summed E-state index contributed by atoms with van der Waals surface area (Å²) in [6.07, 6.45) is 4.60. The van der Waals surface area contributed by atoms with Gasteiger partial charge in [0.15, 0.2) is 0 Å². The first-order chi connectivity index (χ1) is 8.18. The summed E-state index contributed by atoms with van der Waals surface area (Å²) in [4.78, 5) is 10.6. The molecule has 1 fully saturated rings. The minimum atomic E-state index is -0.975. The zero-order valence-electron chi connectivity index (χ0n) is 9.37. The highest BCUT2D eigenvalue weighted by Crippen LogP contribution is 2.31. The molecule has 0 aromatic carbocycles. The Hall–Kier alpha value is -1.37. The van der Waals surface area contributed by atoms with E-state index in [0.717, 1.165) is 12.8 Å². The van der Waals surface area contributed by atoms with Gasteiger partial charge in [0, 0.05) is 11.3 Å². The van der Waals surface area contributed by atoms with Gasteiger partial charge in [-0.15, -0.1) is 5.10 Å². The van der Waals surface area contributed by atoms with E-state index in [2.05, 4.69) is 22.1 Å². The van der Waals surface area contributed by atoms with E-state index < -0.39 is 5.97 Å². The zero-order chi connectivity index (χ0) is 12.3. The molecule has 0 atom stereocenters. The van der Waals surface area contributed by atoms with Crippen LogP contribution in [0, 0.1) is 0 Å². The van der Waals surface area contributed by atoms with Crippen molar-refractivity contribution in [1.82, 2.24) is 20.2 Å². The molecule has 0 bridgehead atoms. The maximum Gasteiger partial charge on any atom is 0.331 e. The molecule has 17 heavy (non-hydrogen) atoms. The van der Waals surface area contributed by atoms with Crippen molar-refractivity contribution in [2.45, 2.75) is 36.9 Å². The number of rotatable bonds is 5. The van der Waals surface area contributed by atoms with E-state index in [1.165, 1.54) is 24.6 Å². The van der Waals surface area contributed by atoms with Crippen LogP contribution in [0.1, 0.15) is 31.7 Å². The number of aromatic nitrogens is 4. The molecule has 1 aliphatic carbocycles. The summed E-state index contributed by atoms with van der Waals surface area (Å²) in [6, 6.07) is 0.366. The molecule has 7 heteroatoms. The number of carbonyl (C=O) groups is 1. The molecule has 1 N–H and O–H groups in total. The summed E-state index contributed by atoms with van der Waals surface area (Å²) in [7, 11) is 0. The Bertz CT molecular complexity index is 426. The molecule has 0 saturated heterocycles. The first-order valence-corrected chi connectivity index (χ1v) is 6.49. The van der Waals surface area contributed by atoms with Crippen molar-refractivity contribution in [1.29, 1.82) is 0 Å². The van der Waals surface area contributed by atoms with Crippen molar-refractivity contribution in [3.8, 4) is 0 Å². The Morgan fingerprint density at radius 1 is 1.53 bits per heavy atom. The number of nitrogens with zero attached hydrogens (tertiary/aromatic N) is 4. The molecule has 1 saturated carbocycles. The van der Waals surface area contributed by atoms with Gasteiger partial charge in [-0.25, -0.2) is 9.48 Å². The molecular weight excluding hydrogens is 240 g/mol. The van der Waals surface area contributed by atoms with Crippen LogP contribution in [0.5, 0.6) is 0 Å². The largest absolute Gasteiger partial charge is 0.478 e. The molecule has 1 heterocycles. The lowest BCUT2D eigenvalue weighted by atomic mass is 10.3. The molecule has 92 valence electrons. The Morgan fingerprint density at radius 2 is 2.24 bits per heavy atom. The van der Waals surface area contributed by atoms with Crippen LogP contribution in [0.4, 0.5) is 0 Å². The zero-order valence-corrected chi connectivity index (χ0v) is 10.2. The van der Waals surface area contributed by atoms with Crippen LogP contribution in [0.2, 0.25) is 0 Å². The summed E-state index contributed by atoms with van der Waals surface area (Å²) >= 11 is 1.32. The van der Waals surface area contributed by atoms with Gasteiger partial charge in [0.1, 0.15) is 0 Å². The molecule has 1 aliphatic rings. The van der Waals surface area contributed by atoms with Crippen molar-refractivity contribution in [3.63, 3.8) is 0 Å². The molecule has 0 aliphatic heterocycles. The van der Waals surface area contributed by atoms with Crippen LogP contribution in [0.3, 0.4) is 0 Å². The number of hydrogen-bond acceptors (Lipinski definition) is 5. The van der Waals surface area contributed by atoms with Crippen molar-refractivity contribution in [2.75, 3.05) is 5.75 Å². The average molecular weight is 254 g/mol. The molecule has 1 aromatic rings. The second-order valence-electron chi connectivity index (χ2n) is 4.04. The fraction of sp³-hybridized carbons (Fsp3) is 0.600. The number of tetrazole rings is 1. The smallest absolute Gasteiger partial charge is 0.331 e. The highest BCUT2D eigenvalue weighted by molar-refractivity contribution is 7.99. The molecule has 2 rings (SSSR count). The quantitative estimate of drug-likeness (QED) is 0.634. The standard InChI is InChI=1S/C10H14N4O2S/c1-7(9(15)16)6-17-10-11-12-13-14(10)8-4-2-3-5-8/h8H,1-6H2,(H,15,16). The summed E-state index contributed by atoms with van der Waals surface area (Å²) < 4.78 is 1.81. The molecule has 0 spiro atoms. The molecule has 1 aromatic heterocycles. The summed E-state index contributed by atoms with van der Waals surface area (Å²) in [5, 5.41) is 21.0. The number of hydrogen-bond donors (Lipinski definition) is 1. The third kappa shape index (κ3) is 2.85. The Labute approximate surface area is 103 Å². The summed E-state index contributed by atoms with van der Waals surface area (Å²) in [5.41, 5.74) is 0.163. The van der Waals surface area contributed by atoms with Gasteiger partial charge in [-0.2, -0.15) is 0 Å². The van der Waals surface area contributed by atoms with Gasteiger partial charge in [-0.1, -0.05) is 31.2 Å². The van der Waals surface area contributed by atoms with Gasteiger partial charge in [0.25, 0.3) is 0 Å². The van der Waals surface area contributed by atoms with E-state index in [1.807, 2.05) is 4.68 Å². The molecule has 6 nitrogen and oxygen atoms in total. The number of carboxylic acids is 1. The van der Waals surface area contributed by atoms with Gasteiger partial charge in [-0.05, 0) is 23.3 Å². The maximum absolute atomic E-state index is 10.6. The van der Waals surface area contributed by atoms with Crippen LogP contribution < -0.4 is 0 Å². The fourth-order valence-corrected chi connectivity index (χ4v) is 2.71.